The molecule has 0 atom stereocenters. The second kappa shape index (κ2) is 6.54. The molecule has 24 heavy (non-hydrogen) atoms. The summed E-state index contributed by atoms with van der Waals surface area (Å²) in [5.74, 6) is 0.369. The monoisotopic (exact) mass is 322 g/mol. The molecule has 0 saturated carbocycles. The molecule has 1 amide bonds. The first-order valence-electron chi connectivity index (χ1n) is 7.54. The molecule has 0 aliphatic rings. The van der Waals surface area contributed by atoms with E-state index in [4.69, 9.17) is 4.74 Å². The van der Waals surface area contributed by atoms with E-state index in [1.165, 1.54) is 0 Å². The minimum Gasteiger partial charge on any atom is -0.494 e. The molecule has 1 N–H and O–H groups in total. The van der Waals surface area contributed by atoms with Crippen LogP contribution >= 0.6 is 0 Å². The van der Waals surface area contributed by atoms with Crippen LogP contribution in [0.25, 0.3) is 5.69 Å². The number of ether oxygens (including phenoxy) is 1. The fourth-order valence-corrected chi connectivity index (χ4v) is 2.40. The Bertz CT molecular complexity index is 869. The van der Waals surface area contributed by atoms with Gasteiger partial charge >= 0.3 is 0 Å². The van der Waals surface area contributed by atoms with Crippen LogP contribution in [0.15, 0.2) is 48.5 Å². The van der Waals surface area contributed by atoms with Crippen LogP contribution in [0.2, 0.25) is 0 Å². The summed E-state index contributed by atoms with van der Waals surface area (Å²) in [6, 6.07) is 15.0. The van der Waals surface area contributed by atoms with Crippen molar-refractivity contribution in [1.29, 1.82) is 0 Å². The normalized spacial score (nSPS) is 10.5. The highest BCUT2D eigenvalue weighted by atomic mass is 16.5. The summed E-state index contributed by atoms with van der Waals surface area (Å²) in [6.07, 6.45) is 0. The third kappa shape index (κ3) is 2.99. The SMILES string of the molecule is COc1ccccc1-n1nnc(C(=O)Nc2ccc(C)cc2)c1C. The van der Waals surface area contributed by atoms with Crippen molar-refractivity contribution in [2.24, 2.45) is 0 Å². The second-order valence-corrected chi connectivity index (χ2v) is 5.43. The number of methoxy groups -OCH3 is 1. The first kappa shape index (κ1) is 15.7. The summed E-state index contributed by atoms with van der Waals surface area (Å²) in [6.45, 7) is 3.80. The number of aryl methyl sites for hydroxylation is 1. The minimum atomic E-state index is -0.294. The van der Waals surface area contributed by atoms with Crippen molar-refractivity contribution in [2.45, 2.75) is 13.8 Å². The Hall–Kier alpha value is -3.15. The van der Waals surface area contributed by atoms with E-state index in [9.17, 15) is 4.79 Å². The van der Waals surface area contributed by atoms with Gasteiger partial charge in [0.1, 0.15) is 11.4 Å². The van der Waals surface area contributed by atoms with Gasteiger partial charge in [0.15, 0.2) is 5.69 Å². The zero-order chi connectivity index (χ0) is 17.1. The number of carbonyl (C=O) groups excluding carboxylic acids is 1. The number of amides is 1. The van der Waals surface area contributed by atoms with E-state index in [0.29, 0.717) is 11.4 Å². The summed E-state index contributed by atoms with van der Waals surface area (Å²) in [4.78, 5) is 12.5. The smallest absolute Gasteiger partial charge is 0.278 e. The third-order valence-electron chi connectivity index (χ3n) is 3.73. The Balaban J connectivity index is 1.89. The van der Waals surface area contributed by atoms with Gasteiger partial charge in [-0.2, -0.15) is 0 Å². The van der Waals surface area contributed by atoms with Crippen molar-refractivity contribution in [3.05, 3.63) is 65.5 Å². The Morgan fingerprint density at radius 1 is 1.08 bits per heavy atom. The molecule has 0 radical (unpaired) electrons. The van der Waals surface area contributed by atoms with Gasteiger partial charge in [-0.15, -0.1) is 5.10 Å². The van der Waals surface area contributed by atoms with Gasteiger partial charge in [0.25, 0.3) is 5.91 Å². The largest absolute Gasteiger partial charge is 0.494 e. The summed E-state index contributed by atoms with van der Waals surface area (Å²) < 4.78 is 6.94. The number of nitrogens with zero attached hydrogens (tertiary/aromatic N) is 3. The summed E-state index contributed by atoms with van der Waals surface area (Å²) in [5, 5.41) is 11.0. The Morgan fingerprint density at radius 2 is 1.79 bits per heavy atom. The molecule has 3 aromatic rings. The Labute approximate surface area is 140 Å². The minimum absolute atomic E-state index is 0.279. The number of hydrogen-bond acceptors (Lipinski definition) is 4. The molecule has 1 aromatic heterocycles. The maximum Gasteiger partial charge on any atom is 0.278 e. The zero-order valence-corrected chi connectivity index (χ0v) is 13.8. The predicted octanol–water partition coefficient (Wildman–Crippen LogP) is 3.15. The van der Waals surface area contributed by atoms with E-state index in [1.54, 1.807) is 18.7 Å². The van der Waals surface area contributed by atoms with Crippen LogP contribution in [0.4, 0.5) is 5.69 Å². The van der Waals surface area contributed by atoms with Crippen LogP contribution < -0.4 is 10.1 Å². The van der Waals surface area contributed by atoms with Crippen LogP contribution in [0.5, 0.6) is 5.75 Å². The molecular weight excluding hydrogens is 304 g/mol. The summed E-state index contributed by atoms with van der Waals surface area (Å²) in [5.41, 5.74) is 3.51. The van der Waals surface area contributed by atoms with E-state index in [0.717, 1.165) is 16.9 Å². The van der Waals surface area contributed by atoms with Gasteiger partial charge < -0.3 is 10.1 Å². The van der Waals surface area contributed by atoms with Gasteiger partial charge in [-0.25, -0.2) is 4.68 Å². The number of carbonyl (C=O) groups is 1. The maximum absolute atomic E-state index is 12.5. The molecule has 3 rings (SSSR count). The maximum atomic E-state index is 12.5. The van der Waals surface area contributed by atoms with Gasteiger partial charge in [-0.05, 0) is 38.1 Å². The summed E-state index contributed by atoms with van der Waals surface area (Å²) >= 11 is 0. The topological polar surface area (TPSA) is 69.0 Å². The van der Waals surface area contributed by atoms with Crippen molar-refractivity contribution in [2.75, 3.05) is 12.4 Å². The number of hydrogen-bond donors (Lipinski definition) is 1. The fraction of sp³-hybridized carbons (Fsp3) is 0.167. The van der Waals surface area contributed by atoms with E-state index in [1.807, 2.05) is 55.5 Å². The lowest BCUT2D eigenvalue weighted by molar-refractivity contribution is 0.102. The molecule has 6 nitrogen and oxygen atoms in total. The molecule has 0 aliphatic carbocycles. The van der Waals surface area contributed by atoms with E-state index < -0.39 is 0 Å². The van der Waals surface area contributed by atoms with Gasteiger partial charge in [-0.3, -0.25) is 4.79 Å². The lowest BCUT2D eigenvalue weighted by Crippen LogP contribution is -2.14. The van der Waals surface area contributed by atoms with E-state index in [-0.39, 0.29) is 11.6 Å². The quantitative estimate of drug-likeness (QED) is 0.801. The molecule has 0 saturated heterocycles. The zero-order valence-electron chi connectivity index (χ0n) is 13.8. The van der Waals surface area contributed by atoms with Crippen LogP contribution in [-0.4, -0.2) is 28.0 Å². The molecular formula is C18H18N4O2. The number of benzene rings is 2. The van der Waals surface area contributed by atoms with E-state index >= 15 is 0 Å². The van der Waals surface area contributed by atoms with Crippen molar-refractivity contribution in [3.8, 4) is 11.4 Å². The van der Waals surface area contributed by atoms with Crippen molar-refractivity contribution < 1.29 is 9.53 Å². The number of nitrogens with one attached hydrogen (secondary N) is 1. The molecule has 0 aliphatic heterocycles. The second-order valence-electron chi connectivity index (χ2n) is 5.43. The predicted molar refractivity (Wildman–Crippen MR) is 91.8 cm³/mol. The molecule has 1 heterocycles. The molecule has 0 unspecified atom stereocenters. The summed E-state index contributed by atoms with van der Waals surface area (Å²) in [7, 11) is 1.59. The average molecular weight is 322 g/mol. The number of aromatic nitrogens is 3. The molecule has 6 heteroatoms. The van der Waals surface area contributed by atoms with Gasteiger partial charge in [0.2, 0.25) is 0 Å². The molecule has 0 bridgehead atoms. The highest BCUT2D eigenvalue weighted by Crippen LogP contribution is 2.23. The van der Waals surface area contributed by atoms with Crippen LogP contribution in [0, 0.1) is 13.8 Å². The first-order valence-corrected chi connectivity index (χ1v) is 7.54. The highest BCUT2D eigenvalue weighted by Gasteiger charge is 2.19. The van der Waals surface area contributed by atoms with E-state index in [2.05, 4.69) is 15.6 Å². The van der Waals surface area contributed by atoms with Crippen LogP contribution in [-0.2, 0) is 0 Å². The molecule has 2 aromatic carbocycles. The van der Waals surface area contributed by atoms with Crippen molar-refractivity contribution in [1.82, 2.24) is 15.0 Å². The van der Waals surface area contributed by atoms with Crippen LogP contribution in [0.3, 0.4) is 0 Å². The van der Waals surface area contributed by atoms with Gasteiger partial charge in [0, 0.05) is 5.69 Å². The Morgan fingerprint density at radius 3 is 2.50 bits per heavy atom. The lowest BCUT2D eigenvalue weighted by Gasteiger charge is -2.09. The standard InChI is InChI=1S/C18H18N4O2/c1-12-8-10-14(11-9-12)19-18(23)17-13(2)22(21-20-17)15-6-4-5-7-16(15)24-3/h4-11H,1-3H3,(H,19,23). The Kier molecular flexibility index (Phi) is 4.29. The average Bonchev–Trinajstić information content (AvgIpc) is 2.98. The molecule has 122 valence electrons. The first-order chi connectivity index (χ1) is 11.6. The van der Waals surface area contributed by atoms with Gasteiger partial charge in [-0.1, -0.05) is 35.0 Å². The fourth-order valence-electron chi connectivity index (χ4n) is 2.40. The molecule has 0 spiro atoms. The number of anilines is 1. The molecule has 0 fully saturated rings. The van der Waals surface area contributed by atoms with Crippen LogP contribution in [0.1, 0.15) is 21.7 Å². The third-order valence-corrected chi connectivity index (χ3v) is 3.73. The highest BCUT2D eigenvalue weighted by molar-refractivity contribution is 6.03. The van der Waals surface area contributed by atoms with Crippen molar-refractivity contribution >= 4 is 11.6 Å². The van der Waals surface area contributed by atoms with Crippen molar-refractivity contribution in [3.63, 3.8) is 0 Å². The van der Waals surface area contributed by atoms with Gasteiger partial charge in [0.05, 0.1) is 12.8 Å². The lowest BCUT2D eigenvalue weighted by atomic mass is 10.2. The number of para-hydroxylation sites is 2. The number of rotatable bonds is 4.